The summed E-state index contributed by atoms with van der Waals surface area (Å²) in [6, 6.07) is 193. The summed E-state index contributed by atoms with van der Waals surface area (Å²) in [4.78, 5) is 5.46. The van der Waals surface area contributed by atoms with Crippen LogP contribution < -0.4 is 67.7 Å². The lowest BCUT2D eigenvalue weighted by Gasteiger charge is -2.46. The molecule has 21 aromatic rings. The van der Waals surface area contributed by atoms with Crippen molar-refractivity contribution >= 4 is 137 Å². The molecule has 0 bridgehead atoms. The number of anilines is 6. The fraction of sp³-hybridized carbons (Fsp3) is 0.0323. The van der Waals surface area contributed by atoms with E-state index in [4.69, 9.17) is 0 Å². The van der Waals surface area contributed by atoms with Crippen LogP contribution in [0.1, 0.15) is 26.3 Å². The number of fused-ring (bicyclic) bond motifs is 7. The lowest BCUT2D eigenvalue weighted by Crippen LogP contribution is -2.78. The van der Waals surface area contributed by atoms with Crippen LogP contribution in [0.25, 0.3) is 105 Å². The van der Waals surface area contributed by atoms with Crippen LogP contribution in [-0.4, -0.2) is 27.4 Å². The van der Waals surface area contributed by atoms with Crippen molar-refractivity contribution in [2.24, 2.45) is 0 Å². The molecule has 6 heteroatoms. The number of benzene rings is 20. The van der Waals surface area contributed by atoms with E-state index in [0.717, 1.165) is 106 Å². The third-order valence-electron chi connectivity index (χ3n) is 27.4. The Kier molecular flexibility index (Phi) is 20.0. The van der Waals surface area contributed by atoms with Gasteiger partial charge in [0.25, 0.3) is 6.71 Å². The minimum atomic E-state index is -3.55. The Bertz CT molecular complexity index is 7370. The molecule has 0 aliphatic carbocycles. The Labute approximate surface area is 764 Å². The van der Waals surface area contributed by atoms with Gasteiger partial charge < -0.3 is 14.4 Å². The first kappa shape index (κ1) is 79.0. The van der Waals surface area contributed by atoms with Crippen molar-refractivity contribution in [3.63, 3.8) is 0 Å². The van der Waals surface area contributed by atoms with Gasteiger partial charge in [0.1, 0.15) is 0 Å². The summed E-state index contributed by atoms with van der Waals surface area (Å²) in [7, 11) is -7.11. The predicted octanol–water partition coefficient (Wildman–Crippen LogP) is 24.6. The zero-order valence-corrected chi connectivity index (χ0v) is 74.8. The standard InChI is InChI=1S/C124H92BN3Si2/c1-124(2,3)97-83-119-121-120(84-97)128(123-109(91-50-22-8-23-51-91)70-41-71-110(123)92-52-24-9-25-53-92)118-85-98(126-115-72-36-34-66-111(115)112-67-35-37-73-116(112)126)75-77-114(118)125(121)113-76-74-95(82-117(113)127(119)122-107(89-46-18-6-19-47-89)68-40-69-108(122)90-48-20-7-21-49-90)96-80-105(129(99-56-26-10-27-57-99,100-58-28-11-29-59-100)103-64-38-54-93(78-103)87-42-14-4-15-43-87)86-106(81-96)130(101-60-30-12-31-61-101,102-62-32-13-33-63-102)104-65-39-55-94(79-104)88-44-16-5-17-45-88/h4-86H,1-3H3. The van der Waals surface area contributed by atoms with Crippen molar-refractivity contribution in [2.75, 3.05) is 9.80 Å². The van der Waals surface area contributed by atoms with Crippen molar-refractivity contribution in [1.29, 1.82) is 0 Å². The molecule has 23 rings (SSSR count). The average molecular weight is 1690 g/mol. The Hall–Kier alpha value is -15.7. The maximum atomic E-state index is 2.75. The van der Waals surface area contributed by atoms with Gasteiger partial charge in [-0.15, -0.1) is 0 Å². The molecular weight excluding hydrogens is 1600 g/mol. The summed E-state index contributed by atoms with van der Waals surface area (Å²) in [6.45, 7) is 6.91. The van der Waals surface area contributed by atoms with Crippen LogP contribution in [0.3, 0.4) is 0 Å². The van der Waals surface area contributed by atoms with E-state index < -0.39 is 16.1 Å². The van der Waals surface area contributed by atoms with E-state index in [0.29, 0.717) is 0 Å². The molecule has 0 atom stereocenters. The molecule has 0 saturated carbocycles. The van der Waals surface area contributed by atoms with Crippen molar-refractivity contribution in [2.45, 2.75) is 26.2 Å². The Morgan fingerprint density at radius 3 is 0.869 bits per heavy atom. The SMILES string of the molecule is CC(C)(C)c1cc2c3c(c1)N(c1c(-c4ccccc4)cccc1-c1ccccc1)c1cc(-n4c5ccccc5c5ccccc54)ccc1B3c1ccc(-c3cc([Si](c4ccccc4)(c4ccccc4)c4cccc(-c5ccccc5)c4)cc([Si](c4ccccc4)(c4ccccc4)c4cccc(-c5ccccc5)c4)c3)cc1N2c1c(-c2ccccc2)cccc1-c1ccccc1. The van der Waals surface area contributed by atoms with Crippen molar-refractivity contribution in [1.82, 2.24) is 4.57 Å². The molecule has 0 spiro atoms. The van der Waals surface area contributed by atoms with Gasteiger partial charge in [-0.1, -0.05) is 482 Å². The molecule has 3 heterocycles. The number of rotatable bonds is 18. The first-order chi connectivity index (χ1) is 64.1. The van der Waals surface area contributed by atoms with E-state index in [2.05, 4.69) is 539 Å². The van der Waals surface area contributed by atoms with Crippen molar-refractivity contribution in [3.05, 3.63) is 509 Å². The van der Waals surface area contributed by atoms with Crippen LogP contribution in [0.5, 0.6) is 0 Å². The number of hydrogen-bond donors (Lipinski definition) is 0. The zero-order chi connectivity index (χ0) is 86.9. The smallest absolute Gasteiger partial charge is 0.252 e. The average Bonchev–Trinajstić information content (AvgIpc) is 0.867. The highest BCUT2D eigenvalue weighted by Gasteiger charge is 2.49. The fourth-order valence-electron chi connectivity index (χ4n) is 21.5. The Morgan fingerprint density at radius 1 is 0.208 bits per heavy atom. The van der Waals surface area contributed by atoms with Gasteiger partial charge >= 0.3 is 0 Å². The van der Waals surface area contributed by atoms with Crippen LogP contribution >= 0.6 is 0 Å². The second-order valence-electron chi connectivity index (χ2n) is 35.7. The van der Waals surface area contributed by atoms with Crippen LogP contribution in [-0.2, 0) is 5.41 Å². The minimum absolute atomic E-state index is 0.311. The summed E-state index contributed by atoms with van der Waals surface area (Å²) >= 11 is 0. The summed E-state index contributed by atoms with van der Waals surface area (Å²) in [5.74, 6) is 0. The highest BCUT2D eigenvalue weighted by molar-refractivity contribution is 7.22. The topological polar surface area (TPSA) is 11.4 Å². The van der Waals surface area contributed by atoms with Crippen LogP contribution in [0, 0.1) is 0 Å². The number of hydrogen-bond acceptors (Lipinski definition) is 2. The number of nitrogens with zero attached hydrogens (tertiary/aromatic N) is 3. The predicted molar refractivity (Wildman–Crippen MR) is 559 cm³/mol. The van der Waals surface area contributed by atoms with Crippen LogP contribution in [0.15, 0.2) is 504 Å². The van der Waals surface area contributed by atoms with E-state index in [-0.39, 0.29) is 12.1 Å². The van der Waals surface area contributed by atoms with Gasteiger partial charge in [0, 0.05) is 61.5 Å². The zero-order valence-electron chi connectivity index (χ0n) is 72.8. The van der Waals surface area contributed by atoms with Crippen molar-refractivity contribution < 1.29 is 0 Å². The van der Waals surface area contributed by atoms with E-state index in [1.807, 2.05) is 0 Å². The largest absolute Gasteiger partial charge is 0.310 e. The van der Waals surface area contributed by atoms with E-state index in [9.17, 15) is 0 Å². The first-order valence-corrected chi connectivity index (χ1v) is 49.4. The molecular formula is C124H92BN3Si2. The molecule has 0 unspecified atom stereocenters. The monoisotopic (exact) mass is 1690 g/mol. The molecule has 2 aliphatic heterocycles. The van der Waals surface area contributed by atoms with Crippen molar-refractivity contribution in [3.8, 4) is 83.6 Å². The number of para-hydroxylation sites is 4. The highest BCUT2D eigenvalue weighted by Crippen LogP contribution is 2.55. The van der Waals surface area contributed by atoms with Gasteiger partial charge in [-0.3, -0.25) is 0 Å². The second kappa shape index (κ2) is 32.9. The van der Waals surface area contributed by atoms with Gasteiger partial charge in [0.15, 0.2) is 16.1 Å². The summed E-state index contributed by atoms with van der Waals surface area (Å²) in [5.41, 5.74) is 30.6. The molecule has 0 radical (unpaired) electrons. The third kappa shape index (κ3) is 13.4. The second-order valence-corrected chi connectivity index (χ2v) is 43.3. The van der Waals surface area contributed by atoms with Crippen LogP contribution in [0.4, 0.5) is 34.1 Å². The summed E-state index contributed by atoms with van der Waals surface area (Å²) < 4.78 is 2.51. The fourth-order valence-corrected chi connectivity index (χ4v) is 31.3. The lowest BCUT2D eigenvalue weighted by atomic mass is 9.33. The number of aromatic nitrogens is 1. The molecule has 0 N–H and O–H groups in total. The third-order valence-corrected chi connectivity index (χ3v) is 36.8. The normalized spacial score (nSPS) is 12.4. The molecule has 2 aliphatic rings. The maximum absolute atomic E-state index is 3.55. The van der Waals surface area contributed by atoms with Gasteiger partial charge in [0.05, 0.1) is 22.4 Å². The Morgan fingerprint density at radius 2 is 0.500 bits per heavy atom. The van der Waals surface area contributed by atoms with Gasteiger partial charge in [-0.2, -0.15) is 0 Å². The first-order valence-electron chi connectivity index (χ1n) is 45.4. The van der Waals surface area contributed by atoms with Crippen LogP contribution in [0.2, 0.25) is 0 Å². The van der Waals surface area contributed by atoms with E-state index in [1.165, 1.54) is 96.5 Å². The van der Waals surface area contributed by atoms with E-state index in [1.54, 1.807) is 0 Å². The van der Waals surface area contributed by atoms with Gasteiger partial charge in [-0.25, -0.2) is 0 Å². The maximum Gasteiger partial charge on any atom is 0.252 e. The molecule has 3 nitrogen and oxygen atoms in total. The molecule has 20 aromatic carbocycles. The molecule has 0 amide bonds. The highest BCUT2D eigenvalue weighted by atomic mass is 28.3. The molecule has 614 valence electrons. The van der Waals surface area contributed by atoms with Gasteiger partial charge in [-0.05, 0) is 167 Å². The molecule has 0 fully saturated rings. The summed E-state index contributed by atoms with van der Waals surface area (Å²) in [5, 5.41) is 12.8. The minimum Gasteiger partial charge on any atom is -0.310 e. The lowest BCUT2D eigenvalue weighted by molar-refractivity contribution is 0.590. The van der Waals surface area contributed by atoms with Gasteiger partial charge in [0.2, 0.25) is 0 Å². The Balaban J connectivity index is 0.884. The van der Waals surface area contributed by atoms with E-state index >= 15 is 0 Å². The quantitative estimate of drug-likeness (QED) is 0.0627. The molecule has 1 aromatic heterocycles. The summed E-state index contributed by atoms with van der Waals surface area (Å²) in [6.07, 6.45) is 0. The molecule has 130 heavy (non-hydrogen) atoms. The molecule has 0 saturated heterocycles.